The Morgan fingerprint density at radius 1 is 1.40 bits per heavy atom. The van der Waals surface area contributed by atoms with Crippen molar-refractivity contribution < 1.29 is 4.79 Å². The van der Waals surface area contributed by atoms with Crippen LogP contribution in [0.5, 0.6) is 0 Å². The lowest BCUT2D eigenvalue weighted by molar-refractivity contribution is -0.116. The summed E-state index contributed by atoms with van der Waals surface area (Å²) in [6, 6.07) is 8.02. The molecule has 6 nitrogen and oxygen atoms in total. The summed E-state index contributed by atoms with van der Waals surface area (Å²) in [6.45, 7) is 0.750. The number of hydrogen-bond donors (Lipinski definition) is 1. The predicted octanol–water partition coefficient (Wildman–Crippen LogP) is 1.08. The van der Waals surface area contributed by atoms with Crippen molar-refractivity contribution in [1.82, 2.24) is 14.8 Å². The van der Waals surface area contributed by atoms with Gasteiger partial charge >= 0.3 is 0 Å². The highest BCUT2D eigenvalue weighted by atomic mass is 32.2. The maximum absolute atomic E-state index is 12.3. The van der Waals surface area contributed by atoms with Gasteiger partial charge in [0.1, 0.15) is 0 Å². The second kappa shape index (κ2) is 5.16. The first kappa shape index (κ1) is 13.0. The fraction of sp³-hybridized carbons (Fsp3) is 0.308. The Morgan fingerprint density at radius 3 is 2.95 bits per heavy atom. The number of carbonyl (C=O) groups excluding carboxylic acids is 1. The third kappa shape index (κ3) is 2.24. The molecule has 1 aromatic carbocycles. The average Bonchev–Trinajstić information content (AvgIpc) is 3.02. The standard InChI is InChI=1S/C13H15N5OS/c1-17-12(14)15-16-13(17)20-8-11(19)18-7-6-9-4-2-3-5-10(9)18/h2-5H,6-8H2,1H3,(H2,14,15). The van der Waals surface area contributed by atoms with Gasteiger partial charge in [-0.05, 0) is 18.1 Å². The molecule has 1 aliphatic heterocycles. The Morgan fingerprint density at radius 2 is 2.20 bits per heavy atom. The highest BCUT2D eigenvalue weighted by molar-refractivity contribution is 7.99. The second-order valence-corrected chi connectivity index (χ2v) is 5.56. The number of nitrogens with two attached hydrogens (primary N) is 1. The van der Waals surface area contributed by atoms with Crippen LogP contribution in [0.3, 0.4) is 0 Å². The zero-order valence-corrected chi connectivity index (χ0v) is 11.9. The third-order valence-corrected chi connectivity index (χ3v) is 4.39. The van der Waals surface area contributed by atoms with Gasteiger partial charge in [-0.3, -0.25) is 9.36 Å². The summed E-state index contributed by atoms with van der Waals surface area (Å²) in [5.74, 6) is 0.772. The summed E-state index contributed by atoms with van der Waals surface area (Å²) >= 11 is 1.36. The molecule has 0 saturated carbocycles. The van der Waals surface area contributed by atoms with E-state index < -0.39 is 0 Å². The average molecular weight is 289 g/mol. The van der Waals surface area contributed by atoms with Crippen LogP contribution in [0.2, 0.25) is 0 Å². The minimum Gasteiger partial charge on any atom is -0.368 e. The first-order valence-electron chi connectivity index (χ1n) is 6.33. The zero-order chi connectivity index (χ0) is 14.1. The molecular formula is C13H15N5OS. The summed E-state index contributed by atoms with van der Waals surface area (Å²) in [5, 5.41) is 8.37. The van der Waals surface area contributed by atoms with E-state index in [0.717, 1.165) is 18.7 Å². The fourth-order valence-corrected chi connectivity index (χ4v) is 3.05. The van der Waals surface area contributed by atoms with E-state index in [1.54, 1.807) is 11.6 Å². The molecule has 0 unspecified atom stereocenters. The van der Waals surface area contributed by atoms with Crippen molar-refractivity contribution >= 4 is 29.3 Å². The first-order chi connectivity index (χ1) is 9.66. The van der Waals surface area contributed by atoms with Gasteiger partial charge in [0.2, 0.25) is 11.9 Å². The lowest BCUT2D eigenvalue weighted by Crippen LogP contribution is -2.30. The van der Waals surface area contributed by atoms with Crippen molar-refractivity contribution in [3.63, 3.8) is 0 Å². The summed E-state index contributed by atoms with van der Waals surface area (Å²) in [7, 11) is 1.79. The van der Waals surface area contributed by atoms with Crippen LogP contribution in [-0.2, 0) is 18.3 Å². The van der Waals surface area contributed by atoms with Gasteiger partial charge in [-0.1, -0.05) is 30.0 Å². The third-order valence-electron chi connectivity index (χ3n) is 3.38. The van der Waals surface area contributed by atoms with Crippen LogP contribution in [0.1, 0.15) is 5.56 Å². The minimum atomic E-state index is 0.0847. The highest BCUT2D eigenvalue weighted by Crippen LogP contribution is 2.28. The van der Waals surface area contributed by atoms with Gasteiger partial charge in [-0.25, -0.2) is 0 Å². The number of amides is 1. The molecular weight excluding hydrogens is 274 g/mol. The van der Waals surface area contributed by atoms with Crippen LogP contribution in [0.15, 0.2) is 29.4 Å². The predicted molar refractivity (Wildman–Crippen MR) is 78.6 cm³/mol. The van der Waals surface area contributed by atoms with Crippen molar-refractivity contribution in [2.75, 3.05) is 22.9 Å². The number of thioether (sulfide) groups is 1. The summed E-state index contributed by atoms with van der Waals surface area (Å²) in [6.07, 6.45) is 0.920. The molecule has 0 saturated heterocycles. The molecule has 1 amide bonds. The van der Waals surface area contributed by atoms with Crippen LogP contribution >= 0.6 is 11.8 Å². The quantitative estimate of drug-likeness (QED) is 0.856. The molecule has 7 heteroatoms. The Kier molecular flexibility index (Phi) is 3.35. The van der Waals surface area contributed by atoms with Crippen LogP contribution < -0.4 is 10.6 Å². The van der Waals surface area contributed by atoms with Crippen molar-refractivity contribution in [1.29, 1.82) is 0 Å². The van der Waals surface area contributed by atoms with Crippen LogP contribution in [-0.4, -0.2) is 33.0 Å². The number of para-hydroxylation sites is 1. The molecule has 0 aliphatic carbocycles. The lowest BCUT2D eigenvalue weighted by Gasteiger charge is -2.16. The molecule has 2 N–H and O–H groups in total. The first-order valence-corrected chi connectivity index (χ1v) is 7.31. The smallest absolute Gasteiger partial charge is 0.237 e. The maximum Gasteiger partial charge on any atom is 0.237 e. The van der Waals surface area contributed by atoms with Gasteiger partial charge in [0.15, 0.2) is 5.16 Å². The number of anilines is 2. The van der Waals surface area contributed by atoms with E-state index in [0.29, 0.717) is 16.9 Å². The summed E-state index contributed by atoms with van der Waals surface area (Å²) in [5.41, 5.74) is 7.87. The van der Waals surface area contributed by atoms with E-state index in [1.807, 2.05) is 23.1 Å². The molecule has 0 radical (unpaired) electrons. The molecule has 1 aliphatic rings. The summed E-state index contributed by atoms with van der Waals surface area (Å²) in [4.78, 5) is 14.2. The van der Waals surface area contributed by atoms with Crippen molar-refractivity contribution in [3.8, 4) is 0 Å². The number of carbonyl (C=O) groups is 1. The molecule has 0 spiro atoms. The molecule has 104 valence electrons. The van der Waals surface area contributed by atoms with Crippen LogP contribution in [0, 0.1) is 0 Å². The maximum atomic E-state index is 12.3. The Balaban J connectivity index is 1.68. The molecule has 3 rings (SSSR count). The monoisotopic (exact) mass is 289 g/mol. The topological polar surface area (TPSA) is 77.0 Å². The van der Waals surface area contributed by atoms with Crippen molar-refractivity contribution in [2.45, 2.75) is 11.6 Å². The minimum absolute atomic E-state index is 0.0847. The number of nitrogen functional groups attached to an aromatic ring is 1. The number of fused-ring (bicyclic) bond motifs is 1. The van der Waals surface area contributed by atoms with Gasteiger partial charge in [0.25, 0.3) is 0 Å². The molecule has 0 bridgehead atoms. The molecule has 0 atom stereocenters. The summed E-state index contributed by atoms with van der Waals surface area (Å²) < 4.78 is 1.68. The van der Waals surface area contributed by atoms with Gasteiger partial charge in [0.05, 0.1) is 5.75 Å². The van der Waals surface area contributed by atoms with Crippen LogP contribution in [0.4, 0.5) is 11.6 Å². The highest BCUT2D eigenvalue weighted by Gasteiger charge is 2.24. The van der Waals surface area contributed by atoms with Crippen LogP contribution in [0.25, 0.3) is 0 Å². The van der Waals surface area contributed by atoms with E-state index in [2.05, 4.69) is 16.3 Å². The zero-order valence-electron chi connectivity index (χ0n) is 11.1. The molecule has 0 fully saturated rings. The van der Waals surface area contributed by atoms with Gasteiger partial charge in [-0.15, -0.1) is 10.2 Å². The van der Waals surface area contributed by atoms with Crippen molar-refractivity contribution in [2.24, 2.45) is 7.05 Å². The normalized spacial score (nSPS) is 13.6. The van der Waals surface area contributed by atoms with E-state index >= 15 is 0 Å². The SMILES string of the molecule is Cn1c(N)nnc1SCC(=O)N1CCc2ccccc21. The van der Waals surface area contributed by atoms with E-state index in [1.165, 1.54) is 17.3 Å². The Labute approximate surface area is 121 Å². The van der Waals surface area contributed by atoms with Crippen molar-refractivity contribution in [3.05, 3.63) is 29.8 Å². The largest absolute Gasteiger partial charge is 0.368 e. The molecule has 1 aromatic heterocycles. The van der Waals surface area contributed by atoms with Gasteiger partial charge in [-0.2, -0.15) is 0 Å². The number of benzene rings is 1. The number of hydrogen-bond acceptors (Lipinski definition) is 5. The van der Waals surface area contributed by atoms with E-state index in [-0.39, 0.29) is 5.91 Å². The number of nitrogens with zero attached hydrogens (tertiary/aromatic N) is 4. The Bertz CT molecular complexity index is 654. The Hall–Kier alpha value is -2.02. The second-order valence-electron chi connectivity index (χ2n) is 4.61. The molecule has 2 heterocycles. The van der Waals surface area contributed by atoms with E-state index in [9.17, 15) is 4.79 Å². The van der Waals surface area contributed by atoms with Gasteiger partial charge < -0.3 is 10.6 Å². The number of rotatable bonds is 3. The molecule has 20 heavy (non-hydrogen) atoms. The van der Waals surface area contributed by atoms with E-state index in [4.69, 9.17) is 5.73 Å². The lowest BCUT2D eigenvalue weighted by atomic mass is 10.2. The molecule has 2 aromatic rings. The number of aromatic nitrogens is 3. The fourth-order valence-electron chi connectivity index (χ4n) is 2.25. The van der Waals surface area contributed by atoms with Gasteiger partial charge in [0, 0.05) is 19.3 Å².